The molecule has 0 N–H and O–H groups in total. The highest BCUT2D eigenvalue weighted by atomic mass is 16.5. The lowest BCUT2D eigenvalue weighted by Crippen LogP contribution is -2.47. The standard InChI is InChI=1S/C22H35N5O3/c1-16-11-27(12-17(2)30-16)21-23-10-18-13-29-15-22(20(18)24-21)7-9-26(14-22)19(28)6-5-8-25(3)4/h10,16-17H,5-9,11-15H2,1-4H3/t16?,17?,22-/m0/s1. The van der Waals surface area contributed by atoms with Crippen LogP contribution >= 0.6 is 0 Å². The Morgan fingerprint density at radius 3 is 2.80 bits per heavy atom. The number of fused-ring (bicyclic) bond motifs is 2. The maximum atomic E-state index is 12.8. The number of nitrogens with zero attached hydrogens (tertiary/aromatic N) is 5. The molecule has 4 rings (SSSR count). The van der Waals surface area contributed by atoms with Crippen molar-refractivity contribution in [1.29, 1.82) is 0 Å². The van der Waals surface area contributed by atoms with E-state index in [4.69, 9.17) is 14.5 Å². The van der Waals surface area contributed by atoms with E-state index in [0.717, 1.165) is 56.2 Å². The zero-order valence-electron chi connectivity index (χ0n) is 18.8. The first-order chi connectivity index (χ1) is 14.4. The molecule has 1 spiro atoms. The van der Waals surface area contributed by atoms with Crippen LogP contribution < -0.4 is 4.90 Å². The Hall–Kier alpha value is -1.77. The molecular formula is C22H35N5O3. The highest BCUT2D eigenvalue weighted by Gasteiger charge is 2.46. The lowest BCUT2D eigenvalue weighted by Gasteiger charge is -2.38. The van der Waals surface area contributed by atoms with E-state index >= 15 is 0 Å². The van der Waals surface area contributed by atoms with Crippen LogP contribution in [0.15, 0.2) is 6.20 Å². The Morgan fingerprint density at radius 1 is 1.30 bits per heavy atom. The molecule has 0 aromatic carbocycles. The van der Waals surface area contributed by atoms with Crippen molar-refractivity contribution in [1.82, 2.24) is 19.8 Å². The molecule has 2 fully saturated rings. The number of likely N-dealkylation sites (tertiary alicyclic amines) is 1. The predicted molar refractivity (Wildman–Crippen MR) is 115 cm³/mol. The molecule has 1 aromatic heterocycles. The molecule has 0 saturated carbocycles. The summed E-state index contributed by atoms with van der Waals surface area (Å²) >= 11 is 0. The average Bonchev–Trinajstić information content (AvgIpc) is 3.12. The second-order valence-electron chi connectivity index (χ2n) is 9.45. The summed E-state index contributed by atoms with van der Waals surface area (Å²) in [6.07, 6.45) is 4.62. The summed E-state index contributed by atoms with van der Waals surface area (Å²) in [6, 6.07) is 0. The molecule has 30 heavy (non-hydrogen) atoms. The number of carbonyl (C=O) groups is 1. The van der Waals surface area contributed by atoms with Crippen molar-refractivity contribution in [2.45, 2.75) is 57.3 Å². The average molecular weight is 418 g/mol. The van der Waals surface area contributed by atoms with Gasteiger partial charge in [0.2, 0.25) is 11.9 Å². The topological polar surface area (TPSA) is 71.0 Å². The van der Waals surface area contributed by atoms with Crippen LogP contribution in [0.25, 0.3) is 0 Å². The third-order valence-electron chi connectivity index (χ3n) is 6.40. The summed E-state index contributed by atoms with van der Waals surface area (Å²) in [7, 11) is 4.08. The number of anilines is 1. The molecule has 2 unspecified atom stereocenters. The number of ether oxygens (including phenoxy) is 2. The smallest absolute Gasteiger partial charge is 0.225 e. The molecule has 4 heterocycles. The maximum absolute atomic E-state index is 12.8. The molecule has 2 saturated heterocycles. The van der Waals surface area contributed by atoms with E-state index in [2.05, 4.69) is 28.6 Å². The molecule has 0 bridgehead atoms. The van der Waals surface area contributed by atoms with E-state index in [1.807, 2.05) is 25.2 Å². The fourth-order valence-corrected chi connectivity index (χ4v) is 4.98. The van der Waals surface area contributed by atoms with E-state index in [9.17, 15) is 4.79 Å². The van der Waals surface area contributed by atoms with Crippen molar-refractivity contribution in [2.24, 2.45) is 0 Å². The molecule has 3 atom stereocenters. The molecule has 1 aromatic rings. The van der Waals surface area contributed by atoms with Gasteiger partial charge in [0.05, 0.1) is 36.5 Å². The van der Waals surface area contributed by atoms with Crippen LogP contribution in [0.2, 0.25) is 0 Å². The Bertz CT molecular complexity index is 763. The number of morpholine rings is 1. The number of hydrogen-bond acceptors (Lipinski definition) is 7. The summed E-state index contributed by atoms with van der Waals surface area (Å²) in [5.41, 5.74) is 1.92. The lowest BCUT2D eigenvalue weighted by molar-refractivity contribution is -0.130. The lowest BCUT2D eigenvalue weighted by atomic mass is 9.80. The highest BCUT2D eigenvalue weighted by Crippen LogP contribution is 2.39. The fraction of sp³-hybridized carbons (Fsp3) is 0.773. The SMILES string of the molecule is CC1CN(c2ncc3c(n2)[C@]2(CCN(C(=O)CCCN(C)C)C2)COC3)CC(C)O1. The molecular weight excluding hydrogens is 382 g/mol. The number of amides is 1. The number of carbonyl (C=O) groups excluding carboxylic acids is 1. The largest absolute Gasteiger partial charge is 0.376 e. The number of hydrogen-bond donors (Lipinski definition) is 0. The van der Waals surface area contributed by atoms with Gasteiger partial charge in [-0.1, -0.05) is 0 Å². The minimum atomic E-state index is -0.216. The van der Waals surface area contributed by atoms with Crippen LogP contribution in [0, 0.1) is 0 Å². The van der Waals surface area contributed by atoms with Gasteiger partial charge in [0.25, 0.3) is 0 Å². The van der Waals surface area contributed by atoms with Gasteiger partial charge in [-0.15, -0.1) is 0 Å². The minimum Gasteiger partial charge on any atom is -0.376 e. The van der Waals surface area contributed by atoms with E-state index in [-0.39, 0.29) is 23.5 Å². The minimum absolute atomic E-state index is 0.160. The molecule has 1 amide bonds. The van der Waals surface area contributed by atoms with Gasteiger partial charge in [0, 0.05) is 44.4 Å². The van der Waals surface area contributed by atoms with Crippen LogP contribution in [-0.2, 0) is 26.3 Å². The van der Waals surface area contributed by atoms with Gasteiger partial charge in [0.1, 0.15) is 0 Å². The second-order valence-corrected chi connectivity index (χ2v) is 9.45. The first-order valence-corrected chi connectivity index (χ1v) is 11.1. The molecule has 0 aliphatic carbocycles. The van der Waals surface area contributed by atoms with Crippen LogP contribution in [0.3, 0.4) is 0 Å². The first kappa shape index (κ1) is 21.5. The van der Waals surface area contributed by atoms with Gasteiger partial charge in [-0.05, 0) is 47.3 Å². The van der Waals surface area contributed by atoms with Gasteiger partial charge >= 0.3 is 0 Å². The highest BCUT2D eigenvalue weighted by molar-refractivity contribution is 5.76. The van der Waals surface area contributed by atoms with E-state index in [1.54, 1.807) is 0 Å². The molecule has 8 nitrogen and oxygen atoms in total. The third-order valence-corrected chi connectivity index (χ3v) is 6.40. The van der Waals surface area contributed by atoms with Crippen molar-refractivity contribution < 1.29 is 14.3 Å². The van der Waals surface area contributed by atoms with Crippen molar-refractivity contribution in [3.8, 4) is 0 Å². The van der Waals surface area contributed by atoms with Gasteiger partial charge in [-0.2, -0.15) is 0 Å². The van der Waals surface area contributed by atoms with Crippen molar-refractivity contribution >= 4 is 11.9 Å². The van der Waals surface area contributed by atoms with Gasteiger partial charge < -0.3 is 24.2 Å². The Labute approximate surface area is 179 Å². The quantitative estimate of drug-likeness (QED) is 0.718. The molecule has 8 heteroatoms. The molecule has 3 aliphatic rings. The summed E-state index contributed by atoms with van der Waals surface area (Å²) in [5, 5.41) is 0. The normalized spacial score (nSPS) is 29.0. The Balaban J connectivity index is 1.51. The van der Waals surface area contributed by atoms with Gasteiger partial charge in [-0.3, -0.25) is 4.79 Å². The van der Waals surface area contributed by atoms with Crippen LogP contribution in [0.5, 0.6) is 0 Å². The monoisotopic (exact) mass is 417 g/mol. The maximum Gasteiger partial charge on any atom is 0.225 e. The summed E-state index contributed by atoms with van der Waals surface area (Å²) < 4.78 is 11.8. The van der Waals surface area contributed by atoms with Crippen LogP contribution in [0.4, 0.5) is 5.95 Å². The van der Waals surface area contributed by atoms with Crippen molar-refractivity contribution in [3.05, 3.63) is 17.5 Å². The Kier molecular flexibility index (Phi) is 6.27. The summed E-state index contributed by atoms with van der Waals surface area (Å²) in [4.78, 5) is 28.8. The van der Waals surface area contributed by atoms with Gasteiger partial charge in [-0.25, -0.2) is 9.97 Å². The zero-order valence-corrected chi connectivity index (χ0v) is 18.8. The first-order valence-electron chi connectivity index (χ1n) is 11.1. The molecule has 3 aliphatic heterocycles. The number of rotatable bonds is 5. The van der Waals surface area contributed by atoms with Gasteiger partial charge in [0.15, 0.2) is 0 Å². The summed E-state index contributed by atoms with van der Waals surface area (Å²) in [6.45, 7) is 9.33. The summed E-state index contributed by atoms with van der Waals surface area (Å²) in [5.74, 6) is 1.01. The van der Waals surface area contributed by atoms with Crippen molar-refractivity contribution in [3.63, 3.8) is 0 Å². The predicted octanol–water partition coefficient (Wildman–Crippen LogP) is 1.43. The van der Waals surface area contributed by atoms with E-state index < -0.39 is 0 Å². The van der Waals surface area contributed by atoms with Crippen molar-refractivity contribution in [2.75, 3.05) is 58.3 Å². The Morgan fingerprint density at radius 2 is 2.07 bits per heavy atom. The molecule has 166 valence electrons. The second kappa shape index (κ2) is 8.77. The fourth-order valence-electron chi connectivity index (χ4n) is 4.98. The third kappa shape index (κ3) is 4.45. The zero-order chi connectivity index (χ0) is 21.3. The molecule has 0 radical (unpaired) electrons. The van der Waals surface area contributed by atoms with Crippen LogP contribution in [0.1, 0.15) is 44.4 Å². The van der Waals surface area contributed by atoms with E-state index in [1.165, 1.54) is 0 Å². The number of aromatic nitrogens is 2. The van der Waals surface area contributed by atoms with E-state index in [0.29, 0.717) is 26.2 Å². The van der Waals surface area contributed by atoms with Crippen LogP contribution in [-0.4, -0.2) is 91.3 Å².